The van der Waals surface area contributed by atoms with Crippen molar-refractivity contribution in [3.8, 4) is 0 Å². The van der Waals surface area contributed by atoms with E-state index < -0.39 is 0 Å². The van der Waals surface area contributed by atoms with Gasteiger partial charge in [0.05, 0.1) is 6.04 Å². The molecule has 1 saturated heterocycles. The number of nitrogens with zero attached hydrogens (tertiary/aromatic N) is 1. The summed E-state index contributed by atoms with van der Waals surface area (Å²) in [6, 6.07) is 8.79. The van der Waals surface area contributed by atoms with E-state index >= 15 is 0 Å². The number of benzene rings is 1. The van der Waals surface area contributed by atoms with Gasteiger partial charge in [0.15, 0.2) is 0 Å². The number of rotatable bonds is 5. The molecular weight excluding hydrogens is 362 g/mol. The molecule has 0 radical (unpaired) electrons. The summed E-state index contributed by atoms with van der Waals surface area (Å²) >= 11 is 0. The fraction of sp³-hybridized carbons (Fsp3) is 0.619. The highest BCUT2D eigenvalue weighted by Gasteiger charge is 2.38. The van der Waals surface area contributed by atoms with Crippen LogP contribution in [0, 0.1) is 5.92 Å². The van der Waals surface area contributed by atoms with E-state index in [2.05, 4.69) is 10.6 Å². The third-order valence-corrected chi connectivity index (χ3v) is 6.15. The minimum atomic E-state index is -0.0640. The smallest absolute Gasteiger partial charge is 0.241 e. The molecule has 2 N–H and O–H groups in total. The molecule has 0 aromatic heterocycles. The number of carbonyl (C=O) groups is 2. The molecule has 0 spiro atoms. The third kappa shape index (κ3) is 4.82. The van der Waals surface area contributed by atoms with Crippen LogP contribution < -0.4 is 10.6 Å². The number of anilines is 1. The van der Waals surface area contributed by atoms with Crippen LogP contribution >= 0.6 is 12.4 Å². The molecule has 3 aliphatic rings. The van der Waals surface area contributed by atoms with Crippen molar-refractivity contribution in [1.82, 2.24) is 10.2 Å². The van der Waals surface area contributed by atoms with Crippen LogP contribution in [0.15, 0.2) is 24.3 Å². The van der Waals surface area contributed by atoms with Gasteiger partial charge in [0, 0.05) is 31.2 Å². The Balaban J connectivity index is 0.00000210. The van der Waals surface area contributed by atoms with Crippen LogP contribution in [0.25, 0.3) is 0 Å². The van der Waals surface area contributed by atoms with Gasteiger partial charge in [-0.05, 0) is 55.7 Å². The van der Waals surface area contributed by atoms with Gasteiger partial charge >= 0.3 is 0 Å². The highest BCUT2D eigenvalue weighted by molar-refractivity contribution is 5.95. The molecule has 1 aliphatic heterocycles. The van der Waals surface area contributed by atoms with Crippen molar-refractivity contribution in [3.05, 3.63) is 29.8 Å². The normalized spacial score (nSPS) is 26.6. The molecule has 1 aromatic rings. The summed E-state index contributed by atoms with van der Waals surface area (Å²) in [5, 5.41) is 6.58. The lowest BCUT2D eigenvalue weighted by molar-refractivity contribution is -0.130. The number of hydrogen-bond acceptors (Lipinski definition) is 3. The number of halogens is 1. The lowest BCUT2D eigenvalue weighted by atomic mass is 9.85. The second-order valence-electron chi connectivity index (χ2n) is 8.17. The Morgan fingerprint density at radius 1 is 1.11 bits per heavy atom. The van der Waals surface area contributed by atoms with Crippen LogP contribution in [0.1, 0.15) is 57.4 Å². The zero-order chi connectivity index (χ0) is 18.1. The average Bonchev–Trinajstić information content (AvgIpc) is 3.37. The van der Waals surface area contributed by atoms with E-state index in [-0.39, 0.29) is 30.3 Å². The number of carbonyl (C=O) groups excluding carboxylic acids is 2. The molecule has 4 rings (SSSR count). The molecule has 5 nitrogen and oxygen atoms in total. The molecule has 27 heavy (non-hydrogen) atoms. The molecule has 2 saturated carbocycles. The predicted molar refractivity (Wildman–Crippen MR) is 109 cm³/mol. The van der Waals surface area contributed by atoms with Gasteiger partial charge in [-0.3, -0.25) is 9.59 Å². The molecule has 3 unspecified atom stereocenters. The summed E-state index contributed by atoms with van der Waals surface area (Å²) in [5.74, 6) is 0.885. The summed E-state index contributed by atoms with van der Waals surface area (Å²) in [7, 11) is 0. The minimum Gasteiger partial charge on any atom is -0.336 e. The SMILES string of the molecule is CC(=O)N(Cc1ccc(NC(=O)C2CC3CCCCC3N2)cc1)C1CC1.Cl. The Labute approximate surface area is 167 Å². The van der Waals surface area contributed by atoms with E-state index in [9.17, 15) is 9.59 Å². The lowest BCUT2D eigenvalue weighted by Gasteiger charge is -2.24. The molecule has 3 atom stereocenters. The predicted octanol–water partition coefficient (Wildman–Crippen LogP) is 3.48. The number of amides is 2. The molecule has 0 bridgehead atoms. The molecule has 2 amide bonds. The van der Waals surface area contributed by atoms with E-state index in [1.807, 2.05) is 29.2 Å². The van der Waals surface area contributed by atoms with Gasteiger partial charge in [-0.15, -0.1) is 12.4 Å². The van der Waals surface area contributed by atoms with Crippen LogP contribution in [-0.4, -0.2) is 34.8 Å². The third-order valence-electron chi connectivity index (χ3n) is 6.15. The summed E-state index contributed by atoms with van der Waals surface area (Å²) in [6.45, 7) is 2.29. The molecule has 1 aromatic carbocycles. The van der Waals surface area contributed by atoms with Crippen molar-refractivity contribution in [2.75, 3.05) is 5.32 Å². The first kappa shape index (κ1) is 20.2. The number of nitrogens with one attached hydrogen (secondary N) is 2. The van der Waals surface area contributed by atoms with Gasteiger partial charge < -0.3 is 15.5 Å². The van der Waals surface area contributed by atoms with Crippen LogP contribution in [-0.2, 0) is 16.1 Å². The van der Waals surface area contributed by atoms with Crippen LogP contribution in [0.4, 0.5) is 5.69 Å². The standard InChI is InChI=1S/C21H29N3O2.ClH/c1-14(25)24(18-10-11-18)13-15-6-8-17(9-7-15)22-21(26)20-12-16-4-2-3-5-19(16)23-20;/h6-9,16,18-20,23H,2-5,10-13H2,1H3,(H,22,26);1H. The van der Waals surface area contributed by atoms with Crippen molar-refractivity contribution in [2.45, 2.75) is 76.5 Å². The monoisotopic (exact) mass is 391 g/mol. The average molecular weight is 392 g/mol. The maximum absolute atomic E-state index is 12.6. The Morgan fingerprint density at radius 3 is 2.44 bits per heavy atom. The van der Waals surface area contributed by atoms with Crippen molar-refractivity contribution in [2.24, 2.45) is 5.92 Å². The topological polar surface area (TPSA) is 61.4 Å². The maximum atomic E-state index is 12.6. The summed E-state index contributed by atoms with van der Waals surface area (Å²) in [4.78, 5) is 26.3. The first-order chi connectivity index (χ1) is 12.6. The Bertz CT molecular complexity index is 661. The molecule has 148 valence electrons. The van der Waals surface area contributed by atoms with Crippen molar-refractivity contribution >= 4 is 29.9 Å². The Morgan fingerprint density at radius 2 is 1.81 bits per heavy atom. The van der Waals surface area contributed by atoms with Gasteiger partial charge in [0.1, 0.15) is 0 Å². The van der Waals surface area contributed by atoms with Gasteiger partial charge in [0.25, 0.3) is 0 Å². The van der Waals surface area contributed by atoms with E-state index in [0.29, 0.717) is 24.5 Å². The maximum Gasteiger partial charge on any atom is 0.241 e. The quantitative estimate of drug-likeness (QED) is 0.807. The van der Waals surface area contributed by atoms with E-state index in [0.717, 1.165) is 30.5 Å². The second-order valence-corrected chi connectivity index (χ2v) is 8.17. The Hall–Kier alpha value is -1.59. The van der Waals surface area contributed by atoms with Crippen LogP contribution in [0.3, 0.4) is 0 Å². The van der Waals surface area contributed by atoms with E-state index in [1.54, 1.807) is 6.92 Å². The summed E-state index contributed by atoms with van der Waals surface area (Å²) in [5.41, 5.74) is 1.94. The lowest BCUT2D eigenvalue weighted by Crippen LogP contribution is -2.39. The second kappa shape index (κ2) is 8.61. The first-order valence-electron chi connectivity index (χ1n) is 10.0. The summed E-state index contributed by atoms with van der Waals surface area (Å²) in [6.07, 6.45) is 8.23. The van der Waals surface area contributed by atoms with E-state index in [1.165, 1.54) is 25.7 Å². The number of fused-ring (bicyclic) bond motifs is 1. The molecule has 6 heteroatoms. The van der Waals surface area contributed by atoms with Gasteiger partial charge in [-0.1, -0.05) is 25.0 Å². The summed E-state index contributed by atoms with van der Waals surface area (Å²) < 4.78 is 0. The molecule has 1 heterocycles. The van der Waals surface area contributed by atoms with Crippen molar-refractivity contribution < 1.29 is 9.59 Å². The first-order valence-corrected chi connectivity index (χ1v) is 10.0. The fourth-order valence-corrected chi connectivity index (χ4v) is 4.52. The molecular formula is C21H30ClN3O2. The highest BCUT2D eigenvalue weighted by atomic mass is 35.5. The van der Waals surface area contributed by atoms with Crippen LogP contribution in [0.2, 0.25) is 0 Å². The molecule has 2 aliphatic carbocycles. The zero-order valence-corrected chi connectivity index (χ0v) is 16.8. The minimum absolute atomic E-state index is 0. The zero-order valence-electron chi connectivity index (χ0n) is 15.9. The number of hydrogen-bond donors (Lipinski definition) is 2. The fourth-order valence-electron chi connectivity index (χ4n) is 4.52. The van der Waals surface area contributed by atoms with Gasteiger partial charge in [-0.2, -0.15) is 0 Å². The largest absolute Gasteiger partial charge is 0.336 e. The Kier molecular flexibility index (Phi) is 6.43. The van der Waals surface area contributed by atoms with Crippen LogP contribution in [0.5, 0.6) is 0 Å². The highest BCUT2D eigenvalue weighted by Crippen LogP contribution is 2.33. The van der Waals surface area contributed by atoms with Gasteiger partial charge in [0.2, 0.25) is 11.8 Å². The van der Waals surface area contributed by atoms with E-state index in [4.69, 9.17) is 0 Å². The van der Waals surface area contributed by atoms with Crippen molar-refractivity contribution in [1.29, 1.82) is 0 Å². The molecule has 3 fully saturated rings. The van der Waals surface area contributed by atoms with Gasteiger partial charge in [-0.25, -0.2) is 0 Å². The van der Waals surface area contributed by atoms with Crippen molar-refractivity contribution in [3.63, 3.8) is 0 Å².